The van der Waals surface area contributed by atoms with Gasteiger partial charge in [0.05, 0.1) is 17.7 Å². The van der Waals surface area contributed by atoms with Crippen LogP contribution in [-0.4, -0.2) is 37.7 Å². The Balaban J connectivity index is 0.00000243. The normalized spacial score (nSPS) is 16.0. The van der Waals surface area contributed by atoms with Crippen LogP contribution in [0.4, 0.5) is 5.13 Å². The lowest BCUT2D eigenvalue weighted by molar-refractivity contribution is -0.130. The average molecular weight is 396 g/mol. The first-order valence-electron chi connectivity index (χ1n) is 8.58. The Hall–Kier alpha value is -1.47. The van der Waals surface area contributed by atoms with Crippen LogP contribution in [-0.2, 0) is 9.53 Å². The van der Waals surface area contributed by atoms with E-state index in [9.17, 15) is 4.79 Å². The molecule has 1 aromatic carbocycles. The van der Waals surface area contributed by atoms with Gasteiger partial charge in [0.25, 0.3) is 0 Å². The molecule has 1 aliphatic rings. The Morgan fingerprint density at radius 1 is 1.35 bits per heavy atom. The van der Waals surface area contributed by atoms with Crippen molar-refractivity contribution in [2.24, 2.45) is 5.41 Å². The zero-order valence-corrected chi connectivity index (χ0v) is 17.1. The number of piperidine rings is 1. The Bertz CT molecular complexity index is 751. The minimum atomic E-state index is -0.467. The number of ether oxygens (including phenoxy) is 1. The third kappa shape index (κ3) is 4.43. The summed E-state index contributed by atoms with van der Waals surface area (Å²) in [6.45, 7) is 6.28. The van der Waals surface area contributed by atoms with Crippen molar-refractivity contribution in [3.63, 3.8) is 0 Å². The van der Waals surface area contributed by atoms with E-state index in [-0.39, 0.29) is 18.3 Å². The molecule has 0 saturated carbocycles. The van der Waals surface area contributed by atoms with E-state index in [0.717, 1.165) is 37.2 Å². The molecule has 142 valence electrons. The van der Waals surface area contributed by atoms with E-state index >= 15 is 0 Å². The van der Waals surface area contributed by atoms with E-state index in [1.165, 1.54) is 22.5 Å². The number of aryl methyl sites for hydroxylation is 2. The van der Waals surface area contributed by atoms with Gasteiger partial charge in [-0.2, -0.15) is 0 Å². The molecule has 1 saturated heterocycles. The fourth-order valence-electron chi connectivity index (χ4n) is 3.40. The largest absolute Gasteiger partial charge is 0.384 e. The average Bonchev–Trinajstić information content (AvgIpc) is 3.04. The van der Waals surface area contributed by atoms with Gasteiger partial charge >= 0.3 is 0 Å². The Morgan fingerprint density at radius 3 is 2.73 bits per heavy atom. The SMILES string of the molecule is COCC1(C(=O)Nc2nc(-c3ccc(C)cc3C)cs2)CCNCC1.Cl. The van der Waals surface area contributed by atoms with Gasteiger partial charge in [-0.3, -0.25) is 4.79 Å². The minimum absolute atomic E-state index is 0. The van der Waals surface area contributed by atoms with Crippen molar-refractivity contribution < 1.29 is 9.53 Å². The molecule has 0 bridgehead atoms. The monoisotopic (exact) mass is 395 g/mol. The fourth-order valence-corrected chi connectivity index (χ4v) is 4.11. The number of carbonyl (C=O) groups is 1. The quantitative estimate of drug-likeness (QED) is 0.808. The second-order valence-corrected chi connectivity index (χ2v) is 7.63. The first-order chi connectivity index (χ1) is 12.0. The molecular weight excluding hydrogens is 370 g/mol. The summed E-state index contributed by atoms with van der Waals surface area (Å²) < 4.78 is 5.34. The van der Waals surface area contributed by atoms with Crippen LogP contribution in [0.25, 0.3) is 11.3 Å². The molecule has 1 aliphatic heterocycles. The molecule has 2 N–H and O–H groups in total. The van der Waals surface area contributed by atoms with Crippen LogP contribution in [0.1, 0.15) is 24.0 Å². The summed E-state index contributed by atoms with van der Waals surface area (Å²) in [5.74, 6) is 0.0115. The smallest absolute Gasteiger partial charge is 0.234 e. The van der Waals surface area contributed by atoms with Gasteiger partial charge in [0.1, 0.15) is 0 Å². The highest BCUT2D eigenvalue weighted by atomic mass is 35.5. The molecule has 0 atom stereocenters. The van der Waals surface area contributed by atoms with Crippen LogP contribution in [0.3, 0.4) is 0 Å². The van der Waals surface area contributed by atoms with E-state index in [0.29, 0.717) is 11.7 Å². The van der Waals surface area contributed by atoms with Gasteiger partial charge < -0.3 is 15.4 Å². The van der Waals surface area contributed by atoms with Gasteiger partial charge in [0, 0.05) is 18.1 Å². The molecule has 0 radical (unpaired) electrons. The maximum Gasteiger partial charge on any atom is 0.234 e. The summed E-state index contributed by atoms with van der Waals surface area (Å²) in [7, 11) is 1.65. The number of amides is 1. The summed E-state index contributed by atoms with van der Waals surface area (Å²) in [5, 5.41) is 8.97. The van der Waals surface area contributed by atoms with Crippen molar-refractivity contribution in [3.05, 3.63) is 34.7 Å². The van der Waals surface area contributed by atoms with Crippen molar-refractivity contribution in [3.8, 4) is 11.3 Å². The lowest BCUT2D eigenvalue weighted by atomic mass is 9.79. The second kappa shape index (κ2) is 8.95. The first kappa shape index (κ1) is 20.8. The maximum atomic E-state index is 12.9. The molecule has 26 heavy (non-hydrogen) atoms. The van der Waals surface area contributed by atoms with Gasteiger partial charge in [-0.15, -0.1) is 23.7 Å². The van der Waals surface area contributed by atoms with Crippen molar-refractivity contribution in [1.29, 1.82) is 0 Å². The first-order valence-corrected chi connectivity index (χ1v) is 9.46. The third-order valence-corrected chi connectivity index (χ3v) is 5.60. The highest BCUT2D eigenvalue weighted by molar-refractivity contribution is 7.14. The van der Waals surface area contributed by atoms with E-state index < -0.39 is 5.41 Å². The topological polar surface area (TPSA) is 63.2 Å². The number of aromatic nitrogens is 1. The minimum Gasteiger partial charge on any atom is -0.384 e. The number of hydrogen-bond acceptors (Lipinski definition) is 5. The van der Waals surface area contributed by atoms with E-state index in [2.05, 4.69) is 47.7 Å². The number of hydrogen-bond donors (Lipinski definition) is 2. The molecule has 1 fully saturated rings. The molecule has 0 unspecified atom stereocenters. The molecule has 5 nitrogen and oxygen atoms in total. The Labute approximate surface area is 165 Å². The number of halogens is 1. The lowest BCUT2D eigenvalue weighted by Gasteiger charge is -2.35. The van der Waals surface area contributed by atoms with Crippen LogP contribution >= 0.6 is 23.7 Å². The summed E-state index contributed by atoms with van der Waals surface area (Å²) in [6, 6.07) is 6.32. The van der Waals surface area contributed by atoms with Gasteiger partial charge in [-0.05, 0) is 45.3 Å². The summed E-state index contributed by atoms with van der Waals surface area (Å²) in [6.07, 6.45) is 1.56. The standard InChI is InChI=1S/C19H25N3O2S.ClH/c1-13-4-5-15(14(2)10-13)16-11-25-18(21-16)22-17(23)19(12-24-3)6-8-20-9-7-19;/h4-5,10-11,20H,6-9,12H2,1-3H3,(H,21,22,23);1H. The Kier molecular flexibility index (Phi) is 7.17. The van der Waals surface area contributed by atoms with E-state index in [1.807, 2.05) is 5.38 Å². The number of rotatable bonds is 5. The number of methoxy groups -OCH3 is 1. The van der Waals surface area contributed by atoms with Crippen LogP contribution in [0.5, 0.6) is 0 Å². The van der Waals surface area contributed by atoms with Gasteiger partial charge in [-0.1, -0.05) is 23.8 Å². The predicted molar refractivity (Wildman–Crippen MR) is 109 cm³/mol. The van der Waals surface area contributed by atoms with Crippen molar-refractivity contribution in [2.75, 3.05) is 32.1 Å². The summed E-state index contributed by atoms with van der Waals surface area (Å²) in [5.41, 5.74) is 3.97. The highest BCUT2D eigenvalue weighted by Gasteiger charge is 2.40. The molecule has 3 rings (SSSR count). The van der Waals surface area contributed by atoms with Crippen LogP contribution in [0.15, 0.2) is 23.6 Å². The van der Waals surface area contributed by atoms with E-state index in [1.54, 1.807) is 7.11 Å². The molecule has 0 aliphatic carbocycles. The number of carbonyl (C=O) groups excluding carboxylic acids is 1. The summed E-state index contributed by atoms with van der Waals surface area (Å²) >= 11 is 1.47. The lowest BCUT2D eigenvalue weighted by Crippen LogP contribution is -2.47. The molecular formula is C19H26ClN3O2S. The predicted octanol–water partition coefficient (Wildman–Crippen LogP) is 3.80. The molecule has 2 heterocycles. The molecule has 7 heteroatoms. The number of nitrogens with one attached hydrogen (secondary N) is 2. The molecule has 0 spiro atoms. The molecule has 1 amide bonds. The number of anilines is 1. The second-order valence-electron chi connectivity index (χ2n) is 6.77. The molecule has 1 aromatic heterocycles. The zero-order valence-electron chi connectivity index (χ0n) is 15.4. The number of nitrogens with zero attached hydrogens (tertiary/aromatic N) is 1. The highest BCUT2D eigenvalue weighted by Crippen LogP contribution is 2.33. The number of benzene rings is 1. The van der Waals surface area contributed by atoms with Crippen molar-refractivity contribution >= 4 is 34.8 Å². The third-order valence-electron chi connectivity index (χ3n) is 4.85. The molecule has 2 aromatic rings. The summed E-state index contributed by atoms with van der Waals surface area (Å²) in [4.78, 5) is 17.5. The van der Waals surface area contributed by atoms with Crippen LogP contribution < -0.4 is 10.6 Å². The van der Waals surface area contributed by atoms with Gasteiger partial charge in [0.15, 0.2) is 5.13 Å². The van der Waals surface area contributed by atoms with Crippen molar-refractivity contribution in [1.82, 2.24) is 10.3 Å². The fraction of sp³-hybridized carbons (Fsp3) is 0.474. The van der Waals surface area contributed by atoms with Gasteiger partial charge in [0.2, 0.25) is 5.91 Å². The van der Waals surface area contributed by atoms with Gasteiger partial charge in [-0.25, -0.2) is 4.98 Å². The van der Waals surface area contributed by atoms with Crippen molar-refractivity contribution in [2.45, 2.75) is 26.7 Å². The van der Waals surface area contributed by atoms with Crippen LogP contribution in [0.2, 0.25) is 0 Å². The maximum absolute atomic E-state index is 12.9. The number of thiazole rings is 1. The Morgan fingerprint density at radius 2 is 2.08 bits per heavy atom. The van der Waals surface area contributed by atoms with Crippen LogP contribution in [0, 0.1) is 19.3 Å². The van der Waals surface area contributed by atoms with E-state index in [4.69, 9.17) is 4.74 Å². The zero-order chi connectivity index (χ0) is 17.9.